The van der Waals surface area contributed by atoms with Gasteiger partial charge in [-0.3, -0.25) is 0 Å². The Labute approximate surface area is 148 Å². The Bertz CT molecular complexity index is 739. The topological polar surface area (TPSA) is 0 Å². The molecular weight excluding hydrogens is 315 g/mol. The van der Waals surface area contributed by atoms with Crippen molar-refractivity contribution < 1.29 is 0 Å². The Morgan fingerprint density at radius 1 is 1.04 bits per heavy atom. The van der Waals surface area contributed by atoms with Crippen LogP contribution in [0.4, 0.5) is 0 Å². The van der Waals surface area contributed by atoms with Gasteiger partial charge in [0.1, 0.15) is 7.28 Å². The molecule has 3 aromatic rings. The van der Waals surface area contributed by atoms with E-state index in [1.54, 1.807) is 0 Å². The fourth-order valence-corrected chi connectivity index (χ4v) is 4.87. The summed E-state index contributed by atoms with van der Waals surface area (Å²) in [4.78, 5) is 2.71. The minimum atomic E-state index is 0.283. The van der Waals surface area contributed by atoms with Crippen LogP contribution in [-0.2, 0) is 0 Å². The maximum Gasteiger partial charge on any atom is 0.105 e. The summed E-state index contributed by atoms with van der Waals surface area (Å²) in [5.74, 6) is 0. The van der Waals surface area contributed by atoms with Crippen LogP contribution in [0.3, 0.4) is 0 Å². The fraction of sp³-hybridized carbons (Fsp3) is 0.300. The molecule has 1 radical (unpaired) electrons. The third-order valence-electron chi connectivity index (χ3n) is 3.99. The van der Waals surface area contributed by atoms with Gasteiger partial charge < -0.3 is 0 Å². The normalized spacial score (nSPS) is 11.8. The molecule has 0 unspecified atom stereocenters. The largest absolute Gasteiger partial charge is 0.135 e. The summed E-state index contributed by atoms with van der Waals surface area (Å²) in [6, 6.07) is 19.9. The van der Waals surface area contributed by atoms with E-state index in [1.807, 2.05) is 23.1 Å². The Balaban J connectivity index is 1.76. The summed E-state index contributed by atoms with van der Waals surface area (Å²) >= 11 is 3.85. The Hall–Kier alpha value is -1.19. The Morgan fingerprint density at radius 2 is 1.78 bits per heavy atom. The monoisotopic (exact) mass is 337 g/mol. The summed E-state index contributed by atoms with van der Waals surface area (Å²) in [7, 11) is 2.26. The predicted molar refractivity (Wildman–Crippen MR) is 108 cm³/mol. The first kappa shape index (κ1) is 16.7. The minimum Gasteiger partial charge on any atom is -0.135 e. The van der Waals surface area contributed by atoms with E-state index in [0.717, 1.165) is 0 Å². The molecule has 0 aliphatic carbocycles. The van der Waals surface area contributed by atoms with Crippen molar-refractivity contribution in [1.82, 2.24) is 0 Å². The van der Waals surface area contributed by atoms with E-state index >= 15 is 0 Å². The van der Waals surface area contributed by atoms with Crippen molar-refractivity contribution in [2.45, 2.75) is 43.1 Å². The summed E-state index contributed by atoms with van der Waals surface area (Å²) in [5, 5.41) is 1.34. The second-order valence-corrected chi connectivity index (χ2v) is 9.35. The van der Waals surface area contributed by atoms with Gasteiger partial charge in [-0.1, -0.05) is 57.3 Å². The first-order valence-corrected chi connectivity index (χ1v) is 9.76. The Morgan fingerprint density at radius 3 is 2.48 bits per heavy atom. The van der Waals surface area contributed by atoms with Crippen molar-refractivity contribution in [3.05, 3.63) is 54.6 Å². The van der Waals surface area contributed by atoms with Crippen molar-refractivity contribution in [3.63, 3.8) is 0 Å². The van der Waals surface area contributed by atoms with Gasteiger partial charge in [0.25, 0.3) is 0 Å². The van der Waals surface area contributed by atoms with Crippen molar-refractivity contribution in [2.75, 3.05) is 0 Å². The lowest BCUT2D eigenvalue weighted by atomic mass is 9.75. The molecule has 23 heavy (non-hydrogen) atoms. The quantitative estimate of drug-likeness (QED) is 0.345. The molecule has 3 rings (SSSR count). The molecule has 0 amide bonds. The van der Waals surface area contributed by atoms with E-state index in [1.165, 1.54) is 38.2 Å². The lowest BCUT2D eigenvalue weighted by Crippen LogP contribution is -2.14. The van der Waals surface area contributed by atoms with Crippen LogP contribution in [-0.4, -0.2) is 12.0 Å². The zero-order valence-corrected chi connectivity index (χ0v) is 15.6. The van der Waals surface area contributed by atoms with Gasteiger partial charge in [-0.05, 0) is 41.6 Å². The first-order chi connectivity index (χ1) is 11.1. The van der Waals surface area contributed by atoms with Crippen LogP contribution >= 0.6 is 23.1 Å². The smallest absolute Gasteiger partial charge is 0.105 e. The second kappa shape index (κ2) is 7.15. The standard InChI is InChI=1S/C20H22BS2/c1-20(2,12-13-21-3)23-17-10-8-15(9-11-17)19-14-16-6-4-5-7-18(16)22-19/h4-11,14H,12-13H2,1-3H3. The highest BCUT2D eigenvalue weighted by Gasteiger charge is 2.18. The Kier molecular flexibility index (Phi) is 5.18. The number of hydrogen-bond donors (Lipinski definition) is 0. The van der Waals surface area contributed by atoms with Crippen LogP contribution in [0.1, 0.15) is 20.3 Å². The van der Waals surface area contributed by atoms with Gasteiger partial charge >= 0.3 is 0 Å². The zero-order chi connectivity index (χ0) is 16.3. The number of hydrogen-bond acceptors (Lipinski definition) is 2. The maximum absolute atomic E-state index is 2.33. The molecule has 1 aromatic heterocycles. The van der Waals surface area contributed by atoms with E-state index < -0.39 is 0 Å². The highest BCUT2D eigenvalue weighted by molar-refractivity contribution is 8.00. The number of fused-ring (bicyclic) bond motifs is 1. The van der Waals surface area contributed by atoms with Gasteiger partial charge in [0.05, 0.1) is 0 Å². The lowest BCUT2D eigenvalue weighted by Gasteiger charge is -2.23. The number of thiophene rings is 1. The molecule has 3 heteroatoms. The van der Waals surface area contributed by atoms with Gasteiger partial charge in [0.15, 0.2) is 0 Å². The van der Waals surface area contributed by atoms with E-state index in [-0.39, 0.29) is 4.75 Å². The van der Waals surface area contributed by atoms with Crippen molar-refractivity contribution in [1.29, 1.82) is 0 Å². The summed E-state index contributed by atoms with van der Waals surface area (Å²) < 4.78 is 1.64. The van der Waals surface area contributed by atoms with Crippen molar-refractivity contribution >= 4 is 40.5 Å². The molecule has 0 atom stereocenters. The van der Waals surface area contributed by atoms with Gasteiger partial charge in [0, 0.05) is 19.2 Å². The molecule has 0 nitrogen and oxygen atoms in total. The van der Waals surface area contributed by atoms with Crippen LogP contribution in [0.15, 0.2) is 59.5 Å². The molecule has 2 aromatic carbocycles. The van der Waals surface area contributed by atoms with Crippen LogP contribution in [0.2, 0.25) is 13.1 Å². The highest BCUT2D eigenvalue weighted by atomic mass is 32.2. The van der Waals surface area contributed by atoms with E-state index in [9.17, 15) is 0 Å². The van der Waals surface area contributed by atoms with E-state index in [2.05, 4.69) is 82.5 Å². The minimum absolute atomic E-state index is 0.283. The molecule has 0 aliphatic rings. The van der Waals surface area contributed by atoms with Crippen molar-refractivity contribution in [3.8, 4) is 10.4 Å². The summed E-state index contributed by atoms with van der Waals surface area (Å²) in [5.41, 5.74) is 1.32. The van der Waals surface area contributed by atoms with Crippen LogP contribution < -0.4 is 0 Å². The van der Waals surface area contributed by atoms with Crippen LogP contribution in [0.5, 0.6) is 0 Å². The van der Waals surface area contributed by atoms with E-state index in [0.29, 0.717) is 0 Å². The summed E-state index contributed by atoms with van der Waals surface area (Å²) in [6.07, 6.45) is 2.39. The van der Waals surface area contributed by atoms with Crippen LogP contribution in [0, 0.1) is 0 Å². The molecular formula is C20H22BS2. The van der Waals surface area contributed by atoms with Gasteiger partial charge in [-0.25, -0.2) is 0 Å². The number of thioether (sulfide) groups is 1. The fourth-order valence-electron chi connectivity index (χ4n) is 2.67. The average molecular weight is 337 g/mol. The van der Waals surface area contributed by atoms with Crippen LogP contribution in [0.25, 0.3) is 20.5 Å². The molecule has 0 saturated carbocycles. The summed E-state index contributed by atoms with van der Waals surface area (Å²) in [6.45, 7) is 6.81. The molecule has 0 fully saturated rings. The molecule has 117 valence electrons. The van der Waals surface area contributed by atoms with Gasteiger partial charge in [-0.2, -0.15) is 0 Å². The molecule has 0 bridgehead atoms. The lowest BCUT2D eigenvalue weighted by molar-refractivity contribution is 0.682. The molecule has 0 spiro atoms. The second-order valence-electron chi connectivity index (χ2n) is 6.48. The number of benzene rings is 2. The number of rotatable bonds is 6. The average Bonchev–Trinajstić information content (AvgIpc) is 2.97. The SMILES string of the molecule is C[B]CCC(C)(C)Sc1ccc(-c2cc3ccccc3s2)cc1. The third kappa shape index (κ3) is 4.21. The molecule has 0 aliphatic heterocycles. The molecule has 0 saturated heterocycles. The molecule has 1 heterocycles. The molecule has 0 N–H and O–H groups in total. The van der Waals surface area contributed by atoms with E-state index in [4.69, 9.17) is 0 Å². The third-order valence-corrected chi connectivity index (χ3v) is 6.42. The van der Waals surface area contributed by atoms with Gasteiger partial charge in [-0.15, -0.1) is 23.1 Å². The van der Waals surface area contributed by atoms with Crippen molar-refractivity contribution in [2.24, 2.45) is 0 Å². The highest BCUT2D eigenvalue weighted by Crippen LogP contribution is 2.38. The maximum atomic E-state index is 2.33. The first-order valence-electron chi connectivity index (χ1n) is 8.13. The zero-order valence-electron chi connectivity index (χ0n) is 14.0. The predicted octanol–water partition coefficient (Wildman–Crippen LogP) is 7.00. The van der Waals surface area contributed by atoms with Gasteiger partial charge in [0.2, 0.25) is 0 Å².